The molecule has 12 heavy (non-hydrogen) atoms. The van der Waals surface area contributed by atoms with Gasteiger partial charge in [-0.25, -0.2) is 0 Å². The molecule has 0 N–H and O–H groups in total. The molecule has 0 atom stereocenters. The van der Waals surface area contributed by atoms with E-state index in [1.54, 1.807) is 0 Å². The number of hydrogen-bond donors (Lipinski definition) is 0. The molecule has 0 spiro atoms. The van der Waals surface area contributed by atoms with Gasteiger partial charge in [-0.2, -0.15) is 0 Å². The van der Waals surface area contributed by atoms with Crippen LogP contribution in [0.1, 0.15) is 12.6 Å². The summed E-state index contributed by atoms with van der Waals surface area (Å²) in [4.78, 5) is 0. The van der Waals surface area contributed by atoms with Gasteiger partial charge in [-0.15, -0.1) is 10.2 Å². The first-order valence-corrected chi connectivity index (χ1v) is 3.99. The molecule has 60 valence electrons. The topological polar surface area (TPSA) is 38.7 Å². The first-order chi connectivity index (χ1) is 5.92. The highest BCUT2D eigenvalue weighted by Crippen LogP contribution is 2.12. The number of rotatable bonds is 1. The first-order valence-electron chi connectivity index (χ1n) is 3.99. The predicted octanol–water partition coefficient (Wildman–Crippen LogP) is 1.59. The molecule has 2 aromatic rings. The molecule has 0 aliphatic heterocycles. The van der Waals surface area contributed by atoms with Gasteiger partial charge in [0.1, 0.15) is 0 Å². The summed E-state index contributed by atoms with van der Waals surface area (Å²) in [6.45, 7) is 2.07. The summed E-state index contributed by atoms with van der Waals surface area (Å²) >= 11 is 0. The lowest BCUT2D eigenvalue weighted by Gasteiger charge is -1.98. The summed E-state index contributed by atoms with van der Waals surface area (Å²) in [5.41, 5.74) is 1.94. The van der Waals surface area contributed by atoms with Crippen LogP contribution in [0.15, 0.2) is 24.3 Å². The summed E-state index contributed by atoms with van der Waals surface area (Å²) < 4.78 is 0. The number of hydrogen-bond acceptors (Lipinski definition) is 3. The van der Waals surface area contributed by atoms with Crippen LogP contribution >= 0.6 is 0 Å². The van der Waals surface area contributed by atoms with E-state index in [1.807, 2.05) is 24.3 Å². The fourth-order valence-electron chi connectivity index (χ4n) is 1.24. The van der Waals surface area contributed by atoms with Crippen molar-refractivity contribution in [3.8, 4) is 0 Å². The highest BCUT2D eigenvalue weighted by atomic mass is 15.3. The first kappa shape index (κ1) is 7.16. The Morgan fingerprint density at radius 2 is 2.00 bits per heavy atom. The van der Waals surface area contributed by atoms with Crippen molar-refractivity contribution in [2.45, 2.75) is 13.3 Å². The molecule has 0 aliphatic carbocycles. The van der Waals surface area contributed by atoms with Crippen molar-refractivity contribution >= 4 is 10.9 Å². The standard InChI is InChI=1S/C9H9N3/c1-2-8-7-5-3-4-6-9(7)11-12-10-8/h3-6H,2H2,1H3. The molecular formula is C9H9N3. The van der Waals surface area contributed by atoms with Crippen LogP contribution in [0, 0.1) is 0 Å². The molecule has 1 aromatic heterocycles. The predicted molar refractivity (Wildman–Crippen MR) is 46.7 cm³/mol. The minimum atomic E-state index is 0.899. The maximum Gasteiger partial charge on any atom is 0.0966 e. The van der Waals surface area contributed by atoms with E-state index < -0.39 is 0 Å². The molecule has 0 bridgehead atoms. The number of nitrogens with zero attached hydrogens (tertiary/aromatic N) is 3. The Labute approximate surface area is 70.4 Å². The number of benzene rings is 1. The number of aromatic nitrogens is 3. The van der Waals surface area contributed by atoms with Gasteiger partial charge in [0.2, 0.25) is 0 Å². The molecular weight excluding hydrogens is 150 g/mol. The second-order valence-corrected chi connectivity index (χ2v) is 2.61. The average Bonchev–Trinajstić information content (AvgIpc) is 2.17. The minimum absolute atomic E-state index is 0.899. The smallest absolute Gasteiger partial charge is 0.0966 e. The second-order valence-electron chi connectivity index (χ2n) is 2.61. The van der Waals surface area contributed by atoms with Gasteiger partial charge in [-0.1, -0.05) is 25.1 Å². The van der Waals surface area contributed by atoms with Crippen LogP contribution in [0.2, 0.25) is 0 Å². The monoisotopic (exact) mass is 159 g/mol. The van der Waals surface area contributed by atoms with Crippen LogP contribution in [0.25, 0.3) is 10.9 Å². The van der Waals surface area contributed by atoms with E-state index in [1.165, 1.54) is 0 Å². The zero-order valence-electron chi connectivity index (χ0n) is 6.86. The quantitative estimate of drug-likeness (QED) is 0.634. The van der Waals surface area contributed by atoms with Crippen molar-refractivity contribution in [2.75, 3.05) is 0 Å². The normalized spacial score (nSPS) is 10.4. The van der Waals surface area contributed by atoms with Crippen LogP contribution in [0.4, 0.5) is 0 Å². The van der Waals surface area contributed by atoms with Crippen molar-refractivity contribution in [3.63, 3.8) is 0 Å². The third-order valence-corrected chi connectivity index (χ3v) is 1.87. The summed E-state index contributed by atoms with van der Waals surface area (Å²) in [5.74, 6) is 0. The van der Waals surface area contributed by atoms with E-state index in [2.05, 4.69) is 22.3 Å². The molecule has 0 saturated carbocycles. The van der Waals surface area contributed by atoms with Gasteiger partial charge in [0.25, 0.3) is 0 Å². The molecule has 2 rings (SSSR count). The zero-order chi connectivity index (χ0) is 8.39. The zero-order valence-corrected chi connectivity index (χ0v) is 6.86. The van der Waals surface area contributed by atoms with E-state index >= 15 is 0 Å². The number of fused-ring (bicyclic) bond motifs is 1. The molecule has 3 nitrogen and oxygen atoms in total. The van der Waals surface area contributed by atoms with Crippen molar-refractivity contribution < 1.29 is 0 Å². The Morgan fingerprint density at radius 3 is 2.83 bits per heavy atom. The Hall–Kier alpha value is -1.51. The highest BCUT2D eigenvalue weighted by Gasteiger charge is 1.99. The van der Waals surface area contributed by atoms with E-state index in [4.69, 9.17) is 0 Å². The number of aryl methyl sites for hydroxylation is 1. The van der Waals surface area contributed by atoms with Gasteiger partial charge in [-0.3, -0.25) is 0 Å². The van der Waals surface area contributed by atoms with Crippen molar-refractivity contribution in [1.82, 2.24) is 15.4 Å². The van der Waals surface area contributed by atoms with Crippen LogP contribution < -0.4 is 0 Å². The molecule has 3 heteroatoms. The molecule has 0 aliphatic rings. The van der Waals surface area contributed by atoms with E-state index in [0.29, 0.717) is 0 Å². The van der Waals surface area contributed by atoms with Crippen LogP contribution in [0.3, 0.4) is 0 Å². The van der Waals surface area contributed by atoms with Gasteiger partial charge >= 0.3 is 0 Å². The van der Waals surface area contributed by atoms with Gasteiger partial charge in [0.05, 0.1) is 11.2 Å². The maximum atomic E-state index is 3.96. The van der Waals surface area contributed by atoms with E-state index in [9.17, 15) is 0 Å². The SMILES string of the molecule is CCc1nnnc2ccccc12. The Morgan fingerprint density at radius 1 is 1.17 bits per heavy atom. The third kappa shape index (κ3) is 1.03. The lowest BCUT2D eigenvalue weighted by Crippen LogP contribution is -1.95. The molecule has 0 amide bonds. The van der Waals surface area contributed by atoms with Crippen molar-refractivity contribution in [2.24, 2.45) is 0 Å². The minimum Gasteiger partial charge on any atom is -0.135 e. The summed E-state index contributed by atoms with van der Waals surface area (Å²) in [6.07, 6.45) is 0.899. The molecule has 0 fully saturated rings. The lowest BCUT2D eigenvalue weighted by atomic mass is 10.2. The summed E-state index contributed by atoms with van der Waals surface area (Å²) in [5, 5.41) is 12.7. The maximum absolute atomic E-state index is 3.96. The average molecular weight is 159 g/mol. The largest absolute Gasteiger partial charge is 0.135 e. The Balaban J connectivity index is 2.79. The Kier molecular flexibility index (Phi) is 1.70. The fourth-order valence-corrected chi connectivity index (χ4v) is 1.24. The van der Waals surface area contributed by atoms with Crippen LogP contribution in [-0.2, 0) is 6.42 Å². The summed E-state index contributed by atoms with van der Waals surface area (Å²) in [6, 6.07) is 7.92. The highest BCUT2D eigenvalue weighted by molar-refractivity contribution is 5.79. The second kappa shape index (κ2) is 2.85. The van der Waals surface area contributed by atoms with Crippen molar-refractivity contribution in [1.29, 1.82) is 0 Å². The molecule has 0 unspecified atom stereocenters. The van der Waals surface area contributed by atoms with Gasteiger partial charge in [-0.05, 0) is 17.7 Å². The third-order valence-electron chi connectivity index (χ3n) is 1.87. The summed E-state index contributed by atoms with van der Waals surface area (Å²) in [7, 11) is 0. The van der Waals surface area contributed by atoms with E-state index in [0.717, 1.165) is 23.0 Å². The lowest BCUT2D eigenvalue weighted by molar-refractivity contribution is 0.842. The molecule has 0 radical (unpaired) electrons. The fraction of sp³-hybridized carbons (Fsp3) is 0.222. The molecule has 1 heterocycles. The van der Waals surface area contributed by atoms with E-state index in [-0.39, 0.29) is 0 Å². The van der Waals surface area contributed by atoms with Gasteiger partial charge in [0, 0.05) is 5.39 Å². The van der Waals surface area contributed by atoms with Gasteiger partial charge in [0.15, 0.2) is 0 Å². The molecule has 1 aromatic carbocycles. The van der Waals surface area contributed by atoms with Gasteiger partial charge < -0.3 is 0 Å². The molecule has 0 saturated heterocycles. The van der Waals surface area contributed by atoms with Crippen LogP contribution in [-0.4, -0.2) is 15.4 Å². The van der Waals surface area contributed by atoms with Crippen molar-refractivity contribution in [3.05, 3.63) is 30.0 Å². The van der Waals surface area contributed by atoms with Crippen LogP contribution in [0.5, 0.6) is 0 Å². The Bertz CT molecular complexity index is 392.